The van der Waals surface area contributed by atoms with E-state index in [1.165, 1.54) is 17.4 Å². The normalized spacial score (nSPS) is 15.5. The summed E-state index contributed by atoms with van der Waals surface area (Å²) in [5.41, 5.74) is 0.649. The lowest BCUT2D eigenvalue weighted by Gasteiger charge is -2.32. The van der Waals surface area contributed by atoms with Crippen LogP contribution in [0, 0.1) is 0 Å². The van der Waals surface area contributed by atoms with Crippen LogP contribution >= 0.6 is 34.5 Å². The lowest BCUT2D eigenvalue weighted by Crippen LogP contribution is -2.53. The van der Waals surface area contributed by atoms with E-state index in [0.717, 1.165) is 10.1 Å². The van der Waals surface area contributed by atoms with Gasteiger partial charge in [-0.2, -0.15) is 0 Å². The fourth-order valence-electron chi connectivity index (χ4n) is 3.88. The predicted octanol–water partition coefficient (Wildman–Crippen LogP) is 4.23. The number of rotatable bonds is 10. The molecular weight excluding hydrogens is 553 g/mol. The van der Waals surface area contributed by atoms with Gasteiger partial charge in [0, 0.05) is 25.2 Å². The van der Waals surface area contributed by atoms with Crippen LogP contribution in [0.5, 0.6) is 0 Å². The van der Waals surface area contributed by atoms with Crippen LogP contribution in [0.3, 0.4) is 0 Å². The monoisotopic (exact) mass is 581 g/mol. The Hall–Kier alpha value is -3.08. The van der Waals surface area contributed by atoms with Crippen LogP contribution in [0.1, 0.15) is 38.7 Å². The summed E-state index contributed by atoms with van der Waals surface area (Å²) >= 11 is 14.2. The second-order valence-corrected chi connectivity index (χ2v) is 10.5. The van der Waals surface area contributed by atoms with E-state index in [9.17, 15) is 24.3 Å². The third kappa shape index (κ3) is 7.96. The van der Waals surface area contributed by atoms with Crippen LogP contribution in [0.25, 0.3) is 16.2 Å². The first kappa shape index (κ1) is 29.5. The number of carbonyl (C=O) groups is 4. The zero-order chi connectivity index (χ0) is 27.8. The number of carbonyl (C=O) groups excluding carboxylic acids is 3. The lowest BCUT2D eigenvalue weighted by molar-refractivity contribution is -0.141. The van der Waals surface area contributed by atoms with E-state index in [4.69, 9.17) is 27.9 Å². The molecule has 1 aliphatic heterocycles. The summed E-state index contributed by atoms with van der Waals surface area (Å²) in [7, 11) is 0. The number of hydrogen-bond donors (Lipinski definition) is 3. The molecule has 38 heavy (non-hydrogen) atoms. The minimum atomic E-state index is -1.24. The molecule has 0 saturated carbocycles. The van der Waals surface area contributed by atoms with E-state index < -0.39 is 30.2 Å². The highest BCUT2D eigenvalue weighted by Crippen LogP contribution is 2.37. The molecular formula is C26H29Cl2N3O6S. The molecule has 1 aromatic heterocycles. The van der Waals surface area contributed by atoms with Gasteiger partial charge < -0.3 is 25.4 Å². The number of amides is 3. The molecule has 0 unspecified atom stereocenters. The first-order valence-corrected chi connectivity index (χ1v) is 13.6. The number of benzene rings is 1. The summed E-state index contributed by atoms with van der Waals surface area (Å²) in [6, 6.07) is 2.31. The molecule has 0 radical (unpaired) electrons. The number of nitrogens with one attached hydrogen (secondary N) is 2. The van der Waals surface area contributed by atoms with Gasteiger partial charge in [-0.05, 0) is 67.3 Å². The third-order valence-electron chi connectivity index (χ3n) is 6.08. The number of carboxylic acid groups (broad SMARTS) is 1. The highest BCUT2D eigenvalue weighted by molar-refractivity contribution is 7.18. The van der Waals surface area contributed by atoms with Crippen molar-refractivity contribution in [2.75, 3.05) is 19.7 Å². The van der Waals surface area contributed by atoms with Gasteiger partial charge in [0.15, 0.2) is 6.61 Å². The van der Waals surface area contributed by atoms with Gasteiger partial charge in [-0.15, -0.1) is 11.3 Å². The molecule has 1 saturated heterocycles. The topological polar surface area (TPSA) is 125 Å². The Morgan fingerprint density at radius 3 is 2.61 bits per heavy atom. The summed E-state index contributed by atoms with van der Waals surface area (Å²) in [5.74, 6) is -2.07. The molecule has 9 nitrogen and oxygen atoms in total. The zero-order valence-corrected chi connectivity index (χ0v) is 23.3. The number of allylic oxidation sites excluding steroid dienone is 2. The van der Waals surface area contributed by atoms with Gasteiger partial charge >= 0.3 is 5.97 Å². The Morgan fingerprint density at radius 2 is 1.95 bits per heavy atom. The molecule has 3 amide bonds. The number of piperidine rings is 1. The van der Waals surface area contributed by atoms with Crippen molar-refractivity contribution in [1.82, 2.24) is 15.5 Å². The fraction of sp³-hybridized carbons (Fsp3) is 0.385. The van der Waals surface area contributed by atoms with Gasteiger partial charge in [0.1, 0.15) is 6.04 Å². The molecule has 0 aliphatic carbocycles. The van der Waals surface area contributed by atoms with Crippen molar-refractivity contribution < 1.29 is 29.0 Å². The van der Waals surface area contributed by atoms with Crippen LogP contribution in [0.15, 0.2) is 35.4 Å². The maximum absolute atomic E-state index is 12.7. The van der Waals surface area contributed by atoms with Crippen LogP contribution in [0.4, 0.5) is 0 Å². The zero-order valence-electron chi connectivity index (χ0n) is 21.0. The summed E-state index contributed by atoms with van der Waals surface area (Å²) in [4.78, 5) is 50.5. The van der Waals surface area contributed by atoms with Crippen LogP contribution in [-0.4, -0.2) is 65.5 Å². The highest BCUT2D eigenvalue weighted by atomic mass is 35.5. The molecule has 204 valence electrons. The maximum atomic E-state index is 12.7. The number of hydrogen-bond acceptors (Lipinski definition) is 6. The van der Waals surface area contributed by atoms with E-state index in [2.05, 4.69) is 10.6 Å². The Labute approximate surface area is 234 Å². The van der Waals surface area contributed by atoms with E-state index >= 15 is 0 Å². The second kappa shape index (κ2) is 13.6. The van der Waals surface area contributed by atoms with Crippen LogP contribution in [0.2, 0.25) is 10.0 Å². The number of thiophene rings is 1. The van der Waals surface area contributed by atoms with Gasteiger partial charge in [-0.3, -0.25) is 19.2 Å². The first-order chi connectivity index (χ1) is 18.1. The van der Waals surface area contributed by atoms with Crippen molar-refractivity contribution in [3.05, 3.63) is 51.0 Å². The third-order valence-corrected chi connectivity index (χ3v) is 8.02. The number of carboxylic acids is 1. The quantitative estimate of drug-likeness (QED) is 0.285. The number of aliphatic carboxylic acids is 1. The Bertz CT molecular complexity index is 1270. The smallest absolute Gasteiger partial charge is 0.305 e. The Kier molecular flexibility index (Phi) is 10.6. The molecule has 3 rings (SSSR count). The van der Waals surface area contributed by atoms with Crippen molar-refractivity contribution in [1.29, 1.82) is 0 Å². The molecule has 3 N–H and O–H groups in total. The van der Waals surface area contributed by atoms with E-state index in [1.54, 1.807) is 30.9 Å². The van der Waals surface area contributed by atoms with Crippen LogP contribution in [-0.2, 0) is 23.9 Å². The molecule has 12 heteroatoms. The molecule has 1 aromatic carbocycles. The Balaban J connectivity index is 1.52. The SMILES string of the molecule is C/C=C(\C)OCC(=O)N[C@@H](CC(=O)O)C(=O)NC1CCN(C(=O)/C=C/c2cc3ccsc3c(Cl)c2Cl)CC1. The van der Waals surface area contributed by atoms with Crippen LogP contribution < -0.4 is 10.6 Å². The van der Waals surface area contributed by atoms with Crippen molar-refractivity contribution in [3.63, 3.8) is 0 Å². The molecule has 0 bridgehead atoms. The van der Waals surface area contributed by atoms with E-state index in [0.29, 0.717) is 47.3 Å². The maximum Gasteiger partial charge on any atom is 0.305 e. The van der Waals surface area contributed by atoms with E-state index in [1.807, 2.05) is 17.5 Å². The minimum absolute atomic E-state index is 0.195. The molecule has 1 aliphatic rings. The number of ether oxygens (including phenoxy) is 1. The average molecular weight is 583 g/mol. The minimum Gasteiger partial charge on any atom is -0.489 e. The molecule has 1 fully saturated rings. The summed E-state index contributed by atoms with van der Waals surface area (Å²) in [6.07, 6.45) is 5.17. The highest BCUT2D eigenvalue weighted by Gasteiger charge is 2.28. The second-order valence-electron chi connectivity index (χ2n) is 8.78. The molecule has 2 heterocycles. The molecule has 1 atom stereocenters. The summed E-state index contributed by atoms with van der Waals surface area (Å²) in [6.45, 7) is 3.90. The van der Waals surface area contributed by atoms with Gasteiger partial charge in [-0.1, -0.05) is 23.2 Å². The van der Waals surface area contributed by atoms with E-state index in [-0.39, 0.29) is 18.6 Å². The largest absolute Gasteiger partial charge is 0.489 e. The molecule has 2 aromatic rings. The summed E-state index contributed by atoms with van der Waals surface area (Å²) < 4.78 is 6.11. The number of fused-ring (bicyclic) bond motifs is 1. The van der Waals surface area contributed by atoms with Crippen molar-refractivity contribution in [3.8, 4) is 0 Å². The van der Waals surface area contributed by atoms with Crippen molar-refractivity contribution in [2.24, 2.45) is 0 Å². The Morgan fingerprint density at radius 1 is 1.24 bits per heavy atom. The first-order valence-electron chi connectivity index (χ1n) is 12.0. The van der Waals surface area contributed by atoms with Gasteiger partial charge in [0.25, 0.3) is 5.91 Å². The van der Waals surface area contributed by atoms with Gasteiger partial charge in [0.05, 0.1) is 26.9 Å². The van der Waals surface area contributed by atoms with Gasteiger partial charge in [-0.25, -0.2) is 0 Å². The predicted molar refractivity (Wildman–Crippen MR) is 148 cm³/mol. The number of likely N-dealkylation sites (tertiary alicyclic amines) is 1. The van der Waals surface area contributed by atoms with Gasteiger partial charge in [0.2, 0.25) is 11.8 Å². The molecule has 0 spiro atoms. The van der Waals surface area contributed by atoms with Crippen molar-refractivity contribution in [2.45, 2.75) is 45.2 Å². The number of nitrogens with zero attached hydrogens (tertiary/aromatic N) is 1. The fourth-order valence-corrected chi connectivity index (χ4v) is 5.32. The standard InChI is InChI=1S/C26H29Cl2N3O6S/c1-3-15(2)37-14-20(32)30-19(13-22(34)35)26(36)29-18-6-9-31(10-7-18)21(33)5-4-16-12-17-8-11-38-25(17)24(28)23(16)27/h3-5,8,11-12,18-19H,6-7,9-10,13-14H2,1-2H3,(H,29,36)(H,30,32)(H,34,35)/b5-4+,15-3+/t19-/m0/s1. The number of halogens is 2. The summed E-state index contributed by atoms with van der Waals surface area (Å²) in [5, 5.41) is 18.1. The average Bonchev–Trinajstić information content (AvgIpc) is 3.37. The lowest BCUT2D eigenvalue weighted by atomic mass is 10.0. The van der Waals surface area contributed by atoms with Crippen molar-refractivity contribution >= 4 is 74.4 Å².